The third-order valence-electron chi connectivity index (χ3n) is 3.06. The first-order valence-corrected chi connectivity index (χ1v) is 7.06. The standard InChI is InChI=1S/C12H15N3O3S/c16-10(8-19-12-13-4-1-5-14-12)15-6-2-9(3-7-15)11(17)18/h1,4-5,9H,2-3,6-8H2,(H,17,18). The first kappa shape index (κ1) is 13.8. The number of hydrogen-bond donors (Lipinski definition) is 1. The van der Waals surface area contributed by atoms with Gasteiger partial charge in [0.05, 0.1) is 11.7 Å². The van der Waals surface area contributed by atoms with Gasteiger partial charge in [-0.1, -0.05) is 11.8 Å². The Morgan fingerprint density at radius 1 is 1.32 bits per heavy atom. The van der Waals surface area contributed by atoms with Gasteiger partial charge in [0.2, 0.25) is 5.91 Å². The number of rotatable bonds is 4. The summed E-state index contributed by atoms with van der Waals surface area (Å²) < 4.78 is 0. The van der Waals surface area contributed by atoms with Crippen LogP contribution in [0.15, 0.2) is 23.6 Å². The van der Waals surface area contributed by atoms with E-state index in [4.69, 9.17) is 5.11 Å². The number of nitrogens with zero attached hydrogens (tertiary/aromatic N) is 3. The molecule has 1 saturated heterocycles. The summed E-state index contributed by atoms with van der Waals surface area (Å²) in [5, 5.41) is 9.47. The van der Waals surface area contributed by atoms with E-state index in [1.165, 1.54) is 11.8 Å². The SMILES string of the molecule is O=C(O)C1CCN(C(=O)CSc2ncccn2)CC1. The molecule has 1 amide bonds. The zero-order valence-electron chi connectivity index (χ0n) is 10.4. The summed E-state index contributed by atoms with van der Waals surface area (Å²) >= 11 is 1.30. The summed E-state index contributed by atoms with van der Waals surface area (Å²) in [5.41, 5.74) is 0. The summed E-state index contributed by atoms with van der Waals surface area (Å²) in [6.07, 6.45) is 4.34. The predicted octanol–water partition coefficient (Wildman–Crippen LogP) is 0.892. The van der Waals surface area contributed by atoms with Gasteiger partial charge in [0.15, 0.2) is 5.16 Å². The molecule has 2 rings (SSSR count). The number of likely N-dealkylation sites (tertiary alicyclic amines) is 1. The van der Waals surface area contributed by atoms with Crippen molar-refractivity contribution < 1.29 is 14.7 Å². The van der Waals surface area contributed by atoms with Crippen LogP contribution in [0, 0.1) is 5.92 Å². The summed E-state index contributed by atoms with van der Waals surface area (Å²) in [6.45, 7) is 1.04. The number of carboxylic acid groups (broad SMARTS) is 1. The normalized spacial score (nSPS) is 16.3. The lowest BCUT2D eigenvalue weighted by molar-refractivity contribution is -0.145. The number of aliphatic carboxylic acids is 1. The highest BCUT2D eigenvalue weighted by Crippen LogP contribution is 2.19. The summed E-state index contributed by atoms with van der Waals surface area (Å²) in [4.78, 5) is 32.6. The summed E-state index contributed by atoms with van der Waals surface area (Å²) in [5.74, 6) is -0.767. The average Bonchev–Trinajstić information content (AvgIpc) is 2.46. The Balaban J connectivity index is 1.77. The van der Waals surface area contributed by atoms with Gasteiger partial charge in [-0.25, -0.2) is 9.97 Å². The fourth-order valence-corrected chi connectivity index (χ4v) is 2.66. The zero-order chi connectivity index (χ0) is 13.7. The van der Waals surface area contributed by atoms with Crippen molar-refractivity contribution in [2.75, 3.05) is 18.8 Å². The van der Waals surface area contributed by atoms with Gasteiger partial charge >= 0.3 is 5.97 Å². The molecule has 102 valence electrons. The minimum Gasteiger partial charge on any atom is -0.481 e. The molecule has 0 atom stereocenters. The number of carbonyl (C=O) groups is 2. The van der Waals surface area contributed by atoms with E-state index in [0.717, 1.165) is 0 Å². The minimum atomic E-state index is -0.765. The lowest BCUT2D eigenvalue weighted by atomic mass is 9.97. The first-order chi connectivity index (χ1) is 9.16. The van der Waals surface area contributed by atoms with Gasteiger partial charge in [0, 0.05) is 25.5 Å². The van der Waals surface area contributed by atoms with Crippen molar-refractivity contribution >= 4 is 23.6 Å². The molecule has 0 radical (unpaired) electrons. The maximum atomic E-state index is 12.0. The van der Waals surface area contributed by atoms with E-state index in [9.17, 15) is 9.59 Å². The second kappa shape index (κ2) is 6.51. The minimum absolute atomic E-state index is 0.0151. The topological polar surface area (TPSA) is 83.4 Å². The van der Waals surface area contributed by atoms with Crippen LogP contribution in [0.25, 0.3) is 0 Å². The lowest BCUT2D eigenvalue weighted by Crippen LogP contribution is -2.41. The van der Waals surface area contributed by atoms with E-state index < -0.39 is 5.97 Å². The molecule has 1 aromatic rings. The quantitative estimate of drug-likeness (QED) is 0.652. The van der Waals surface area contributed by atoms with Crippen molar-refractivity contribution in [2.45, 2.75) is 18.0 Å². The number of carboxylic acids is 1. The second-order valence-corrected chi connectivity index (χ2v) is 5.26. The summed E-state index contributed by atoms with van der Waals surface area (Å²) in [6, 6.07) is 1.72. The van der Waals surface area contributed by atoms with Gasteiger partial charge in [0.1, 0.15) is 0 Å². The van der Waals surface area contributed by atoms with Gasteiger partial charge in [-0.2, -0.15) is 0 Å². The second-order valence-electron chi connectivity index (χ2n) is 4.31. The molecule has 1 aliphatic heterocycles. The molecule has 0 unspecified atom stereocenters. The van der Waals surface area contributed by atoms with Crippen LogP contribution in [-0.4, -0.2) is 50.7 Å². The molecular formula is C12H15N3O3S. The molecule has 1 fully saturated rings. The third-order valence-corrected chi connectivity index (χ3v) is 3.92. The Morgan fingerprint density at radius 2 is 1.95 bits per heavy atom. The van der Waals surface area contributed by atoms with E-state index in [2.05, 4.69) is 9.97 Å². The lowest BCUT2D eigenvalue weighted by Gasteiger charge is -2.29. The first-order valence-electron chi connectivity index (χ1n) is 6.07. The van der Waals surface area contributed by atoms with Crippen molar-refractivity contribution in [1.82, 2.24) is 14.9 Å². The van der Waals surface area contributed by atoms with Gasteiger partial charge in [-0.15, -0.1) is 0 Å². The van der Waals surface area contributed by atoms with Crippen LogP contribution in [0.5, 0.6) is 0 Å². The number of aromatic nitrogens is 2. The van der Waals surface area contributed by atoms with E-state index in [1.807, 2.05) is 0 Å². The highest BCUT2D eigenvalue weighted by Gasteiger charge is 2.26. The van der Waals surface area contributed by atoms with Crippen molar-refractivity contribution in [3.05, 3.63) is 18.5 Å². The van der Waals surface area contributed by atoms with Crippen molar-refractivity contribution in [3.63, 3.8) is 0 Å². The number of hydrogen-bond acceptors (Lipinski definition) is 5. The van der Waals surface area contributed by atoms with Crippen molar-refractivity contribution in [2.24, 2.45) is 5.92 Å². The Bertz CT molecular complexity index is 447. The fourth-order valence-electron chi connectivity index (χ4n) is 1.95. The van der Waals surface area contributed by atoms with Crippen molar-refractivity contribution in [1.29, 1.82) is 0 Å². The van der Waals surface area contributed by atoms with Crippen LogP contribution in [-0.2, 0) is 9.59 Å². The maximum Gasteiger partial charge on any atom is 0.306 e. The van der Waals surface area contributed by atoms with E-state index in [-0.39, 0.29) is 11.8 Å². The Kier molecular flexibility index (Phi) is 4.73. The van der Waals surface area contributed by atoms with Crippen LogP contribution < -0.4 is 0 Å². The smallest absolute Gasteiger partial charge is 0.306 e. The molecule has 0 aromatic carbocycles. The fraction of sp³-hybridized carbons (Fsp3) is 0.500. The number of amides is 1. The van der Waals surface area contributed by atoms with Crippen LogP contribution >= 0.6 is 11.8 Å². The molecule has 6 nitrogen and oxygen atoms in total. The Hall–Kier alpha value is -1.63. The van der Waals surface area contributed by atoms with E-state index in [0.29, 0.717) is 36.8 Å². The molecule has 0 aliphatic carbocycles. The molecule has 7 heteroatoms. The Labute approximate surface area is 115 Å². The van der Waals surface area contributed by atoms with Crippen LogP contribution in [0.4, 0.5) is 0 Å². The summed E-state index contributed by atoms with van der Waals surface area (Å²) in [7, 11) is 0. The average molecular weight is 281 g/mol. The molecule has 0 saturated carbocycles. The molecule has 1 aliphatic rings. The Morgan fingerprint density at radius 3 is 2.53 bits per heavy atom. The van der Waals surface area contributed by atoms with E-state index in [1.54, 1.807) is 23.4 Å². The molecule has 2 heterocycles. The highest BCUT2D eigenvalue weighted by atomic mass is 32.2. The van der Waals surface area contributed by atoms with Gasteiger partial charge < -0.3 is 10.0 Å². The van der Waals surface area contributed by atoms with Gasteiger partial charge in [0.25, 0.3) is 0 Å². The monoisotopic (exact) mass is 281 g/mol. The molecule has 0 spiro atoms. The number of piperidine rings is 1. The zero-order valence-corrected chi connectivity index (χ0v) is 11.2. The molecular weight excluding hydrogens is 266 g/mol. The van der Waals surface area contributed by atoms with Crippen LogP contribution in [0.1, 0.15) is 12.8 Å². The predicted molar refractivity (Wildman–Crippen MR) is 69.7 cm³/mol. The van der Waals surface area contributed by atoms with Crippen molar-refractivity contribution in [3.8, 4) is 0 Å². The molecule has 0 bridgehead atoms. The molecule has 1 N–H and O–H groups in total. The van der Waals surface area contributed by atoms with Crippen LogP contribution in [0.2, 0.25) is 0 Å². The largest absolute Gasteiger partial charge is 0.481 e. The highest BCUT2D eigenvalue weighted by molar-refractivity contribution is 7.99. The molecule has 19 heavy (non-hydrogen) atoms. The maximum absolute atomic E-state index is 12.0. The van der Waals surface area contributed by atoms with Crippen LogP contribution in [0.3, 0.4) is 0 Å². The number of thioether (sulfide) groups is 1. The third kappa shape index (κ3) is 3.92. The van der Waals surface area contributed by atoms with Gasteiger partial charge in [-0.3, -0.25) is 9.59 Å². The van der Waals surface area contributed by atoms with E-state index >= 15 is 0 Å². The number of carbonyl (C=O) groups excluding carboxylic acids is 1. The van der Waals surface area contributed by atoms with Gasteiger partial charge in [-0.05, 0) is 18.9 Å². The molecule has 1 aromatic heterocycles.